The number of fused-ring (bicyclic) bond motifs is 2. The number of pyridine rings is 2. The number of carbonyl (C=O) groups excluding carboxylic acids is 2. The summed E-state index contributed by atoms with van der Waals surface area (Å²) in [6.07, 6.45) is 3.70. The van der Waals surface area contributed by atoms with Gasteiger partial charge < -0.3 is 19.9 Å². The van der Waals surface area contributed by atoms with E-state index < -0.39 is 6.10 Å². The second kappa shape index (κ2) is 9.53. The smallest absolute Gasteiger partial charge is 0.275 e. The van der Waals surface area contributed by atoms with Crippen molar-refractivity contribution in [3.05, 3.63) is 53.1 Å². The van der Waals surface area contributed by atoms with Crippen LogP contribution in [-0.4, -0.2) is 59.2 Å². The minimum Gasteiger partial charge on any atom is -0.383 e. The third-order valence-electron chi connectivity index (χ3n) is 6.45. The molecule has 2 amide bonds. The average molecular weight is 476 g/mol. The zero-order valence-electron chi connectivity index (χ0n) is 19.9. The summed E-state index contributed by atoms with van der Waals surface area (Å²) in [4.78, 5) is 36.2. The first kappa shape index (κ1) is 23.1. The first-order valence-corrected chi connectivity index (χ1v) is 12.0. The number of anilines is 1. The van der Waals surface area contributed by atoms with Crippen LogP contribution in [0.2, 0.25) is 0 Å². The Kier molecular flexibility index (Phi) is 6.29. The van der Waals surface area contributed by atoms with Crippen LogP contribution in [0, 0.1) is 5.92 Å². The van der Waals surface area contributed by atoms with E-state index in [-0.39, 0.29) is 23.4 Å². The maximum atomic E-state index is 13.0. The third kappa shape index (κ3) is 4.79. The van der Waals surface area contributed by atoms with Crippen molar-refractivity contribution in [2.45, 2.75) is 58.7 Å². The molecule has 182 valence electrons. The minimum atomic E-state index is -1.01. The van der Waals surface area contributed by atoms with Crippen LogP contribution in [0.3, 0.4) is 0 Å². The summed E-state index contributed by atoms with van der Waals surface area (Å²) < 4.78 is 2.06. The molecule has 0 saturated heterocycles. The van der Waals surface area contributed by atoms with E-state index in [2.05, 4.69) is 30.0 Å². The molecule has 0 aromatic carbocycles. The molecule has 10 heteroatoms. The molecule has 0 aliphatic carbocycles. The minimum absolute atomic E-state index is 0.225. The van der Waals surface area contributed by atoms with Crippen molar-refractivity contribution in [3.8, 4) is 11.5 Å². The fourth-order valence-electron chi connectivity index (χ4n) is 4.66. The number of amides is 2. The van der Waals surface area contributed by atoms with Gasteiger partial charge in [-0.15, -0.1) is 10.2 Å². The molecular weight excluding hydrogens is 446 g/mol. The Bertz CT molecular complexity index is 1270. The maximum Gasteiger partial charge on any atom is 0.275 e. The number of carbonyl (C=O) groups is 2. The van der Waals surface area contributed by atoms with Gasteiger partial charge in [0, 0.05) is 32.3 Å². The Hall–Kier alpha value is -3.66. The molecular formula is C25H29N7O3. The van der Waals surface area contributed by atoms with Crippen molar-refractivity contribution in [2.24, 2.45) is 5.92 Å². The molecule has 0 bridgehead atoms. The summed E-state index contributed by atoms with van der Waals surface area (Å²) >= 11 is 0. The van der Waals surface area contributed by atoms with Gasteiger partial charge in [-0.2, -0.15) is 0 Å². The van der Waals surface area contributed by atoms with Crippen LogP contribution in [0.15, 0.2) is 30.5 Å². The van der Waals surface area contributed by atoms with Gasteiger partial charge in [-0.05, 0) is 54.5 Å². The number of aryl methyl sites for hydroxylation is 1. The topological polar surface area (TPSA) is 126 Å². The molecule has 5 heterocycles. The number of hydrogen-bond acceptors (Lipinski definition) is 7. The van der Waals surface area contributed by atoms with Gasteiger partial charge in [0.1, 0.15) is 29.1 Å². The summed E-state index contributed by atoms with van der Waals surface area (Å²) in [5, 5.41) is 21.6. The van der Waals surface area contributed by atoms with Gasteiger partial charge in [0.05, 0.1) is 0 Å². The summed E-state index contributed by atoms with van der Waals surface area (Å²) in [6, 6.07) is 7.11. The quantitative estimate of drug-likeness (QED) is 0.560. The Morgan fingerprint density at radius 1 is 1.14 bits per heavy atom. The molecule has 10 nitrogen and oxygen atoms in total. The summed E-state index contributed by atoms with van der Waals surface area (Å²) in [5.74, 6) is 1.63. The van der Waals surface area contributed by atoms with E-state index in [1.807, 2.05) is 26.0 Å². The van der Waals surface area contributed by atoms with E-state index in [4.69, 9.17) is 0 Å². The Morgan fingerprint density at radius 2 is 2.00 bits per heavy atom. The highest BCUT2D eigenvalue weighted by molar-refractivity contribution is 6.02. The SMILES string of the molecule is CC(C)C[C@H](O)C(=O)N1CCc2cnc(C(=O)Nc3cccc(-c4nnc5n4CCC5)n3)cc2C1. The lowest BCUT2D eigenvalue weighted by Gasteiger charge is -2.30. The van der Waals surface area contributed by atoms with Crippen molar-refractivity contribution in [2.75, 3.05) is 11.9 Å². The molecule has 5 rings (SSSR count). The normalized spacial score (nSPS) is 15.6. The number of nitrogens with zero attached hydrogens (tertiary/aromatic N) is 6. The van der Waals surface area contributed by atoms with Crippen molar-refractivity contribution >= 4 is 17.6 Å². The van der Waals surface area contributed by atoms with E-state index in [1.165, 1.54) is 0 Å². The first-order chi connectivity index (χ1) is 16.9. The number of aromatic nitrogens is 5. The molecule has 3 aromatic rings. The fourth-order valence-corrected chi connectivity index (χ4v) is 4.66. The molecule has 1 atom stereocenters. The van der Waals surface area contributed by atoms with E-state index in [0.717, 1.165) is 36.3 Å². The van der Waals surface area contributed by atoms with Crippen LogP contribution >= 0.6 is 0 Å². The van der Waals surface area contributed by atoms with Crippen molar-refractivity contribution in [1.82, 2.24) is 29.6 Å². The van der Waals surface area contributed by atoms with Crippen molar-refractivity contribution < 1.29 is 14.7 Å². The summed E-state index contributed by atoms with van der Waals surface area (Å²) in [7, 11) is 0. The predicted octanol–water partition coefficient (Wildman–Crippen LogP) is 2.23. The lowest BCUT2D eigenvalue weighted by molar-refractivity contribution is -0.141. The molecule has 2 aliphatic rings. The van der Waals surface area contributed by atoms with Gasteiger partial charge in [0.2, 0.25) is 0 Å². The molecule has 2 N–H and O–H groups in total. The van der Waals surface area contributed by atoms with Gasteiger partial charge in [-0.25, -0.2) is 4.98 Å². The van der Waals surface area contributed by atoms with E-state index in [9.17, 15) is 14.7 Å². The molecule has 3 aromatic heterocycles. The Morgan fingerprint density at radius 3 is 2.83 bits per heavy atom. The largest absolute Gasteiger partial charge is 0.383 e. The van der Waals surface area contributed by atoms with E-state index in [1.54, 1.807) is 23.2 Å². The number of hydrogen-bond donors (Lipinski definition) is 2. The lowest BCUT2D eigenvalue weighted by atomic mass is 9.99. The fraction of sp³-hybridized carbons (Fsp3) is 0.440. The van der Waals surface area contributed by atoms with Crippen LogP contribution in [-0.2, 0) is 30.7 Å². The van der Waals surface area contributed by atoms with Crippen LogP contribution in [0.1, 0.15) is 54.1 Å². The lowest BCUT2D eigenvalue weighted by Crippen LogP contribution is -2.42. The van der Waals surface area contributed by atoms with Crippen LogP contribution in [0.25, 0.3) is 11.5 Å². The highest BCUT2D eigenvalue weighted by atomic mass is 16.3. The number of rotatable bonds is 6. The maximum absolute atomic E-state index is 13.0. The van der Waals surface area contributed by atoms with Crippen LogP contribution in [0.5, 0.6) is 0 Å². The molecule has 0 spiro atoms. The predicted molar refractivity (Wildman–Crippen MR) is 128 cm³/mol. The van der Waals surface area contributed by atoms with Crippen molar-refractivity contribution in [1.29, 1.82) is 0 Å². The van der Waals surface area contributed by atoms with Gasteiger partial charge >= 0.3 is 0 Å². The standard InChI is InChI=1S/C25H29N7O3/c1-15(2)11-20(33)25(35)31-10-8-16-13-26-19(12-17(16)14-31)24(34)28-21-6-3-5-18(27-21)23-30-29-22-7-4-9-32(22)23/h3,5-6,12-13,15,20,33H,4,7-11,14H2,1-2H3,(H,27,28,34)/t20-/m0/s1. The number of aliphatic hydroxyl groups is 1. The summed E-state index contributed by atoms with van der Waals surface area (Å²) in [5.41, 5.74) is 2.76. The molecule has 0 radical (unpaired) electrons. The van der Waals surface area contributed by atoms with Crippen LogP contribution in [0.4, 0.5) is 5.82 Å². The molecule has 0 saturated carbocycles. The summed E-state index contributed by atoms with van der Waals surface area (Å²) in [6.45, 7) is 5.68. The van der Waals surface area contributed by atoms with Gasteiger partial charge in [0.15, 0.2) is 5.82 Å². The molecule has 0 unspecified atom stereocenters. The third-order valence-corrected chi connectivity index (χ3v) is 6.45. The second-order valence-electron chi connectivity index (χ2n) is 9.55. The second-order valence-corrected chi connectivity index (χ2v) is 9.55. The highest BCUT2D eigenvalue weighted by Crippen LogP contribution is 2.24. The highest BCUT2D eigenvalue weighted by Gasteiger charge is 2.27. The number of aliphatic hydroxyl groups excluding tert-OH is 1. The van der Waals surface area contributed by atoms with Gasteiger partial charge in [0.25, 0.3) is 11.8 Å². The molecule has 2 aliphatic heterocycles. The van der Waals surface area contributed by atoms with E-state index >= 15 is 0 Å². The Balaban J connectivity index is 1.30. The zero-order valence-corrected chi connectivity index (χ0v) is 19.9. The number of nitrogens with one attached hydrogen (secondary N) is 1. The Labute approximate surface area is 203 Å². The first-order valence-electron chi connectivity index (χ1n) is 12.0. The van der Waals surface area contributed by atoms with Crippen LogP contribution < -0.4 is 5.32 Å². The average Bonchev–Trinajstić information content (AvgIpc) is 3.47. The zero-order chi connectivity index (χ0) is 24.5. The van der Waals surface area contributed by atoms with E-state index in [0.29, 0.717) is 43.3 Å². The van der Waals surface area contributed by atoms with Crippen molar-refractivity contribution in [3.63, 3.8) is 0 Å². The monoisotopic (exact) mass is 475 g/mol. The molecule has 0 fully saturated rings. The van der Waals surface area contributed by atoms with Gasteiger partial charge in [-0.1, -0.05) is 19.9 Å². The molecule has 35 heavy (non-hydrogen) atoms. The van der Waals surface area contributed by atoms with Gasteiger partial charge in [-0.3, -0.25) is 14.6 Å².